The highest BCUT2D eigenvalue weighted by Crippen LogP contribution is 2.20. The maximum absolute atomic E-state index is 13.8. The minimum atomic E-state index is -0.0340. The fourth-order valence-electron chi connectivity index (χ4n) is 4.83. The van der Waals surface area contributed by atoms with Gasteiger partial charge in [-0.1, -0.05) is 67.6 Å². The molecule has 0 fully saturated rings. The second kappa shape index (κ2) is 13.1. The van der Waals surface area contributed by atoms with Crippen LogP contribution in [0.4, 0.5) is 5.69 Å². The van der Waals surface area contributed by atoms with Gasteiger partial charge in [0.05, 0.1) is 6.42 Å². The van der Waals surface area contributed by atoms with Crippen molar-refractivity contribution in [1.82, 2.24) is 14.8 Å². The number of nitrogens with zero attached hydrogens (tertiary/aromatic N) is 3. The van der Waals surface area contributed by atoms with Gasteiger partial charge in [0.15, 0.2) is 0 Å². The molecule has 0 aliphatic carbocycles. The van der Waals surface area contributed by atoms with Crippen LogP contribution in [0, 0.1) is 0 Å². The number of anilines is 1. The van der Waals surface area contributed by atoms with E-state index >= 15 is 0 Å². The number of fused-ring (bicyclic) bond motifs is 1. The Balaban J connectivity index is 1.53. The maximum Gasteiger partial charge on any atom is 0.242 e. The van der Waals surface area contributed by atoms with E-state index in [1.165, 1.54) is 10.9 Å². The molecule has 4 aromatic rings. The van der Waals surface area contributed by atoms with Crippen LogP contribution in [-0.2, 0) is 29.0 Å². The van der Waals surface area contributed by atoms with Crippen molar-refractivity contribution in [1.29, 1.82) is 0 Å². The molecule has 39 heavy (non-hydrogen) atoms. The van der Waals surface area contributed by atoms with E-state index in [0.717, 1.165) is 35.2 Å². The Morgan fingerprint density at radius 3 is 2.23 bits per heavy atom. The minimum absolute atomic E-state index is 0.0178. The predicted octanol–water partition coefficient (Wildman–Crippen LogP) is 5.68. The minimum Gasteiger partial charge on any atom is -0.378 e. The zero-order valence-corrected chi connectivity index (χ0v) is 23.6. The number of carbonyl (C=O) groups excluding carboxylic acids is 2. The van der Waals surface area contributed by atoms with Crippen LogP contribution in [-0.4, -0.2) is 59.8 Å². The monoisotopic (exact) mass is 524 g/mol. The smallest absolute Gasteiger partial charge is 0.242 e. The third-order valence-corrected chi connectivity index (χ3v) is 7.45. The van der Waals surface area contributed by atoms with E-state index < -0.39 is 0 Å². The molecule has 4 rings (SSSR count). The van der Waals surface area contributed by atoms with Gasteiger partial charge in [-0.3, -0.25) is 9.59 Å². The second-order valence-electron chi connectivity index (χ2n) is 10.4. The summed E-state index contributed by atoms with van der Waals surface area (Å²) in [5.41, 5.74) is 5.42. The standard InChI is InChI=1S/C33H40N4O2/c1-5-25(2)37(32(38)21-26-11-7-6-8-12-26)24-33(39)36(23-27-15-17-29(18-16-27)35(3)4)20-19-28-22-34-31-14-10-9-13-30(28)31/h6-18,22,25,34H,5,19-21,23-24H2,1-4H3. The van der Waals surface area contributed by atoms with Crippen LogP contribution in [0.25, 0.3) is 10.9 Å². The van der Waals surface area contributed by atoms with Crippen LogP contribution in [0.1, 0.15) is 37.0 Å². The SMILES string of the molecule is CCC(C)N(CC(=O)N(CCc1c[nH]c2ccccc12)Cc1ccc(N(C)C)cc1)C(=O)Cc1ccccc1. The van der Waals surface area contributed by atoms with Crippen LogP contribution in [0.2, 0.25) is 0 Å². The Morgan fingerprint density at radius 2 is 1.54 bits per heavy atom. The Labute approximate surface area is 232 Å². The van der Waals surface area contributed by atoms with Crippen molar-refractivity contribution in [3.8, 4) is 0 Å². The number of amides is 2. The summed E-state index contributed by atoms with van der Waals surface area (Å²) in [7, 11) is 4.03. The van der Waals surface area contributed by atoms with E-state index in [0.29, 0.717) is 19.5 Å². The second-order valence-corrected chi connectivity index (χ2v) is 10.4. The Hall–Kier alpha value is -4.06. The molecule has 1 N–H and O–H groups in total. The van der Waals surface area contributed by atoms with Crippen LogP contribution in [0.15, 0.2) is 85.1 Å². The first-order valence-electron chi connectivity index (χ1n) is 13.8. The van der Waals surface area contributed by atoms with Gasteiger partial charge in [0.1, 0.15) is 6.54 Å². The number of para-hydroxylation sites is 1. The summed E-state index contributed by atoms with van der Waals surface area (Å²) in [6.07, 6.45) is 3.84. The number of hydrogen-bond donors (Lipinski definition) is 1. The molecule has 1 atom stereocenters. The third-order valence-electron chi connectivity index (χ3n) is 7.45. The molecular formula is C33H40N4O2. The topological polar surface area (TPSA) is 59.7 Å². The first-order valence-corrected chi connectivity index (χ1v) is 13.8. The molecule has 1 aromatic heterocycles. The van der Waals surface area contributed by atoms with Gasteiger partial charge in [-0.15, -0.1) is 0 Å². The van der Waals surface area contributed by atoms with Crippen LogP contribution >= 0.6 is 0 Å². The Bertz CT molecular complexity index is 1360. The van der Waals surface area contributed by atoms with Gasteiger partial charge >= 0.3 is 0 Å². The van der Waals surface area contributed by atoms with Crippen LogP contribution < -0.4 is 4.90 Å². The lowest BCUT2D eigenvalue weighted by atomic mass is 10.1. The fraction of sp³-hybridized carbons (Fsp3) is 0.333. The highest BCUT2D eigenvalue weighted by Gasteiger charge is 2.25. The Kier molecular flexibility index (Phi) is 9.42. The molecule has 2 amide bonds. The average molecular weight is 525 g/mol. The quantitative estimate of drug-likeness (QED) is 0.260. The number of benzene rings is 3. The third kappa shape index (κ3) is 7.29. The van der Waals surface area contributed by atoms with E-state index in [-0.39, 0.29) is 24.4 Å². The van der Waals surface area contributed by atoms with E-state index in [1.54, 1.807) is 4.90 Å². The van der Waals surface area contributed by atoms with Gasteiger partial charge in [-0.25, -0.2) is 0 Å². The Morgan fingerprint density at radius 1 is 0.846 bits per heavy atom. The number of aromatic nitrogens is 1. The molecule has 1 unspecified atom stereocenters. The van der Waals surface area contributed by atoms with Crippen molar-refractivity contribution in [2.45, 2.75) is 45.7 Å². The van der Waals surface area contributed by atoms with Crippen molar-refractivity contribution < 1.29 is 9.59 Å². The first-order chi connectivity index (χ1) is 18.9. The number of aromatic amines is 1. The lowest BCUT2D eigenvalue weighted by Gasteiger charge is -2.31. The summed E-state index contributed by atoms with van der Waals surface area (Å²) in [6, 6.07) is 26.3. The van der Waals surface area contributed by atoms with Crippen molar-refractivity contribution in [2.24, 2.45) is 0 Å². The number of carbonyl (C=O) groups is 2. The van der Waals surface area contributed by atoms with Gasteiger partial charge in [0.2, 0.25) is 11.8 Å². The molecule has 0 saturated carbocycles. The summed E-state index contributed by atoms with van der Waals surface area (Å²) >= 11 is 0. The number of hydrogen-bond acceptors (Lipinski definition) is 3. The van der Waals surface area contributed by atoms with Crippen molar-refractivity contribution in [2.75, 3.05) is 32.1 Å². The summed E-state index contributed by atoms with van der Waals surface area (Å²) in [5, 5.41) is 1.18. The van der Waals surface area contributed by atoms with Gasteiger partial charge < -0.3 is 19.7 Å². The fourth-order valence-corrected chi connectivity index (χ4v) is 4.83. The lowest BCUT2D eigenvalue weighted by molar-refractivity contribution is -0.142. The van der Waals surface area contributed by atoms with Crippen molar-refractivity contribution in [3.05, 3.63) is 102 Å². The highest BCUT2D eigenvalue weighted by molar-refractivity contribution is 5.86. The number of H-pyrrole nitrogens is 1. The zero-order valence-electron chi connectivity index (χ0n) is 23.6. The molecule has 6 nitrogen and oxygen atoms in total. The molecule has 0 spiro atoms. The van der Waals surface area contributed by atoms with E-state index in [4.69, 9.17) is 0 Å². The highest BCUT2D eigenvalue weighted by atomic mass is 16.2. The molecule has 0 saturated heterocycles. The molecule has 204 valence electrons. The van der Waals surface area contributed by atoms with Crippen molar-refractivity contribution in [3.63, 3.8) is 0 Å². The molecule has 0 bridgehead atoms. The molecule has 0 radical (unpaired) electrons. The number of rotatable bonds is 12. The lowest BCUT2D eigenvalue weighted by Crippen LogP contribution is -2.47. The van der Waals surface area contributed by atoms with Gasteiger partial charge in [-0.05, 0) is 54.7 Å². The molecule has 1 heterocycles. The van der Waals surface area contributed by atoms with Gasteiger partial charge in [-0.2, -0.15) is 0 Å². The normalized spacial score (nSPS) is 11.8. The summed E-state index contributed by atoms with van der Waals surface area (Å²) < 4.78 is 0. The van der Waals surface area contributed by atoms with Crippen LogP contribution in [0.3, 0.4) is 0 Å². The average Bonchev–Trinajstić information content (AvgIpc) is 3.37. The molecule has 6 heteroatoms. The predicted molar refractivity (Wildman–Crippen MR) is 160 cm³/mol. The number of nitrogens with one attached hydrogen (secondary N) is 1. The molecule has 0 aliphatic heterocycles. The molecule has 0 aliphatic rings. The molecular weight excluding hydrogens is 484 g/mol. The summed E-state index contributed by atoms with van der Waals surface area (Å²) in [4.78, 5) is 36.3. The maximum atomic E-state index is 13.8. The van der Waals surface area contributed by atoms with E-state index in [9.17, 15) is 9.59 Å². The van der Waals surface area contributed by atoms with E-state index in [1.807, 2.05) is 74.6 Å². The van der Waals surface area contributed by atoms with Gasteiger partial charge in [0.25, 0.3) is 0 Å². The first kappa shape index (κ1) is 28.0. The van der Waals surface area contributed by atoms with Gasteiger partial charge in [0, 0.05) is 56.0 Å². The molecule has 3 aromatic carbocycles. The largest absolute Gasteiger partial charge is 0.378 e. The summed E-state index contributed by atoms with van der Waals surface area (Å²) in [6.45, 7) is 5.21. The van der Waals surface area contributed by atoms with Crippen LogP contribution in [0.5, 0.6) is 0 Å². The summed E-state index contributed by atoms with van der Waals surface area (Å²) in [5.74, 6) is -0.0518. The van der Waals surface area contributed by atoms with E-state index in [2.05, 4.69) is 53.2 Å². The zero-order chi connectivity index (χ0) is 27.8. The van der Waals surface area contributed by atoms with Crippen molar-refractivity contribution >= 4 is 28.4 Å².